The quantitative estimate of drug-likeness (QED) is 0.557. The van der Waals surface area contributed by atoms with Crippen LogP contribution in [-0.4, -0.2) is 42.2 Å². The molecule has 2 aliphatic carbocycles. The Morgan fingerprint density at radius 1 is 1.26 bits per heavy atom. The van der Waals surface area contributed by atoms with Gasteiger partial charge in [0.15, 0.2) is 11.5 Å². The first-order chi connectivity index (χ1) is 15.0. The lowest BCUT2D eigenvalue weighted by Crippen LogP contribution is -2.63. The summed E-state index contributed by atoms with van der Waals surface area (Å²) in [6, 6.07) is 11.5. The van der Waals surface area contributed by atoms with Gasteiger partial charge in [-0.2, -0.15) is 0 Å². The number of nitro benzene ring substituents is 1. The molecule has 0 radical (unpaired) electrons. The lowest BCUT2D eigenvalue weighted by Gasteiger charge is -2.56. The Balaban J connectivity index is 1.55. The van der Waals surface area contributed by atoms with E-state index in [1.165, 1.54) is 16.7 Å². The topological polar surface area (TPSA) is 64.8 Å². The number of likely N-dealkylation sites (tertiary alicyclic amines) is 1. The molecule has 0 amide bonds. The third-order valence-electron chi connectivity index (χ3n) is 7.75. The Hall–Kier alpha value is -3.12. The zero-order valence-electron chi connectivity index (χ0n) is 17.6. The zero-order chi connectivity index (χ0) is 21.4. The van der Waals surface area contributed by atoms with Gasteiger partial charge in [-0.05, 0) is 55.3 Å². The summed E-state index contributed by atoms with van der Waals surface area (Å²) >= 11 is 0. The molecule has 3 atom stereocenters. The van der Waals surface area contributed by atoms with E-state index in [4.69, 9.17) is 9.47 Å². The molecule has 2 bridgehead atoms. The Labute approximate surface area is 180 Å². The zero-order valence-corrected chi connectivity index (χ0v) is 17.6. The highest BCUT2D eigenvalue weighted by molar-refractivity contribution is 5.69. The lowest BCUT2D eigenvalue weighted by atomic mass is 9.52. The van der Waals surface area contributed by atoms with Gasteiger partial charge in [-0.1, -0.05) is 30.4 Å². The number of hydrogen-bond acceptors (Lipinski definition) is 5. The second kappa shape index (κ2) is 6.20. The summed E-state index contributed by atoms with van der Waals surface area (Å²) in [5.41, 5.74) is 4.37. The number of nitro groups is 1. The molecule has 6 heteroatoms. The Morgan fingerprint density at radius 2 is 2.06 bits per heavy atom. The molecule has 1 saturated heterocycles. The molecule has 158 valence electrons. The number of allylic oxidation sites excluding steroid dienone is 2. The number of hydrogen-bond donors (Lipinski definition) is 0. The molecule has 1 fully saturated rings. The van der Waals surface area contributed by atoms with E-state index in [2.05, 4.69) is 36.2 Å². The van der Waals surface area contributed by atoms with E-state index >= 15 is 0 Å². The number of rotatable bonds is 4. The van der Waals surface area contributed by atoms with E-state index in [0.29, 0.717) is 12.5 Å². The average Bonchev–Trinajstić information content (AvgIpc) is 3.06. The van der Waals surface area contributed by atoms with Crippen LogP contribution in [0.25, 0.3) is 0 Å². The molecule has 4 aliphatic rings. The summed E-state index contributed by atoms with van der Waals surface area (Å²) in [5, 5.41) is 11.1. The van der Waals surface area contributed by atoms with Crippen molar-refractivity contribution in [1.82, 2.24) is 4.90 Å². The minimum atomic E-state index is -0.571. The molecule has 1 spiro atoms. The molecule has 6 nitrogen and oxygen atoms in total. The largest absolute Gasteiger partial charge is 0.493 e. The highest BCUT2D eigenvalue weighted by Crippen LogP contribution is 2.65. The van der Waals surface area contributed by atoms with Gasteiger partial charge >= 0.3 is 0 Å². The fraction of sp³-hybridized carbons (Fsp3) is 0.360. The minimum Gasteiger partial charge on any atom is -0.493 e. The summed E-state index contributed by atoms with van der Waals surface area (Å²) in [6.45, 7) is 0.997. The number of ether oxygens (including phenoxy) is 2. The van der Waals surface area contributed by atoms with Gasteiger partial charge in [-0.3, -0.25) is 15.0 Å². The van der Waals surface area contributed by atoms with Crippen LogP contribution in [0.3, 0.4) is 0 Å². The molecule has 2 aromatic rings. The van der Waals surface area contributed by atoms with Crippen molar-refractivity contribution in [2.45, 2.75) is 36.3 Å². The highest BCUT2D eigenvalue weighted by Gasteiger charge is 2.66. The van der Waals surface area contributed by atoms with Crippen LogP contribution in [0.5, 0.6) is 11.5 Å². The van der Waals surface area contributed by atoms with E-state index in [9.17, 15) is 10.1 Å². The maximum atomic E-state index is 11.1. The summed E-state index contributed by atoms with van der Waals surface area (Å²) in [5.74, 6) is 1.64. The Kier molecular flexibility index (Phi) is 3.73. The van der Waals surface area contributed by atoms with E-state index in [-0.39, 0.29) is 16.0 Å². The predicted octanol–water partition coefficient (Wildman–Crippen LogP) is 3.97. The monoisotopic (exact) mass is 416 g/mol. The van der Waals surface area contributed by atoms with Crippen LogP contribution in [0, 0.1) is 10.1 Å². The molecule has 0 unspecified atom stereocenters. The number of benzene rings is 2. The number of methoxy groups -OCH3 is 1. The standard InChI is InChI=1S/C25H24N2O4/c1-26-13-12-25-19-4-3-11-24(25,15-16-5-8-18(9-6-16)27(28)29)31-23-21(30-2)10-7-17(22(23)25)14-20(19)26/h3-11,20H,12-15H2,1-2H3/t20-,24-,25+/m1/s1. The average molecular weight is 416 g/mol. The van der Waals surface area contributed by atoms with E-state index in [1.807, 2.05) is 18.2 Å². The first-order valence-corrected chi connectivity index (χ1v) is 10.7. The fourth-order valence-electron chi connectivity index (χ4n) is 6.37. The van der Waals surface area contributed by atoms with Crippen LogP contribution < -0.4 is 9.47 Å². The van der Waals surface area contributed by atoms with Crippen LogP contribution >= 0.6 is 0 Å². The SMILES string of the molecule is COc1ccc2c3c1O[C@@]1(Cc4ccc([N+](=O)[O-])cc4)C=CC=C4[C@@H](C2)N(C)CC[C@]431. The number of likely N-dealkylation sites (N-methyl/N-ethyl adjacent to an activating group) is 1. The van der Waals surface area contributed by atoms with Crippen molar-refractivity contribution in [2.75, 3.05) is 20.7 Å². The van der Waals surface area contributed by atoms with E-state index in [1.54, 1.807) is 19.2 Å². The van der Waals surface area contributed by atoms with Gasteiger partial charge in [0, 0.05) is 30.2 Å². The highest BCUT2D eigenvalue weighted by atomic mass is 16.6. The minimum absolute atomic E-state index is 0.107. The molecule has 6 rings (SSSR count). The second-order valence-corrected chi connectivity index (χ2v) is 9.06. The van der Waals surface area contributed by atoms with Crippen LogP contribution in [0.4, 0.5) is 5.69 Å². The molecule has 0 aromatic heterocycles. The second-order valence-electron chi connectivity index (χ2n) is 9.06. The van der Waals surface area contributed by atoms with Crippen molar-refractivity contribution >= 4 is 5.69 Å². The van der Waals surface area contributed by atoms with Crippen molar-refractivity contribution in [3.63, 3.8) is 0 Å². The maximum absolute atomic E-state index is 11.1. The van der Waals surface area contributed by atoms with Gasteiger partial charge in [0.05, 0.1) is 17.4 Å². The number of piperidine rings is 1. The summed E-state index contributed by atoms with van der Waals surface area (Å²) in [6.07, 6.45) is 9.21. The molecule has 31 heavy (non-hydrogen) atoms. The molecule has 0 N–H and O–H groups in total. The van der Waals surface area contributed by atoms with E-state index in [0.717, 1.165) is 36.4 Å². The van der Waals surface area contributed by atoms with Crippen molar-refractivity contribution in [2.24, 2.45) is 0 Å². The van der Waals surface area contributed by atoms with Crippen molar-refractivity contribution in [3.8, 4) is 11.5 Å². The first kappa shape index (κ1) is 18.6. The third-order valence-corrected chi connectivity index (χ3v) is 7.75. The summed E-state index contributed by atoms with van der Waals surface area (Å²) in [4.78, 5) is 13.2. The third kappa shape index (κ3) is 2.26. The van der Waals surface area contributed by atoms with Gasteiger partial charge in [-0.25, -0.2) is 0 Å². The van der Waals surface area contributed by atoms with Crippen LogP contribution in [-0.2, 0) is 18.3 Å². The maximum Gasteiger partial charge on any atom is 0.269 e. The van der Waals surface area contributed by atoms with Crippen LogP contribution in [0.2, 0.25) is 0 Å². The van der Waals surface area contributed by atoms with Gasteiger partial charge < -0.3 is 9.47 Å². The molecular weight excluding hydrogens is 392 g/mol. The van der Waals surface area contributed by atoms with Crippen molar-refractivity contribution in [1.29, 1.82) is 0 Å². The Morgan fingerprint density at radius 3 is 2.81 bits per heavy atom. The fourth-order valence-corrected chi connectivity index (χ4v) is 6.37. The van der Waals surface area contributed by atoms with Crippen LogP contribution in [0.15, 0.2) is 60.2 Å². The van der Waals surface area contributed by atoms with Gasteiger partial charge in [-0.15, -0.1) is 0 Å². The Bertz CT molecular complexity index is 1170. The molecule has 0 saturated carbocycles. The van der Waals surface area contributed by atoms with Gasteiger partial charge in [0.25, 0.3) is 5.69 Å². The molecule has 2 aliphatic heterocycles. The number of nitrogens with zero attached hydrogens (tertiary/aromatic N) is 2. The smallest absolute Gasteiger partial charge is 0.269 e. The lowest BCUT2D eigenvalue weighted by molar-refractivity contribution is -0.384. The normalized spacial score (nSPS) is 29.7. The molecular formula is C25H24N2O4. The summed E-state index contributed by atoms with van der Waals surface area (Å²) in [7, 11) is 3.90. The van der Waals surface area contributed by atoms with E-state index < -0.39 is 5.60 Å². The predicted molar refractivity (Wildman–Crippen MR) is 117 cm³/mol. The van der Waals surface area contributed by atoms with Crippen LogP contribution in [0.1, 0.15) is 23.1 Å². The molecule has 2 heterocycles. The summed E-state index contributed by atoms with van der Waals surface area (Å²) < 4.78 is 12.6. The van der Waals surface area contributed by atoms with Gasteiger partial charge in [0.2, 0.25) is 0 Å². The van der Waals surface area contributed by atoms with Gasteiger partial charge in [0.1, 0.15) is 5.60 Å². The van der Waals surface area contributed by atoms with Crippen molar-refractivity contribution < 1.29 is 14.4 Å². The number of non-ortho nitro benzene ring substituents is 1. The first-order valence-electron chi connectivity index (χ1n) is 10.7. The van der Waals surface area contributed by atoms with Crippen molar-refractivity contribution in [3.05, 3.63) is 87.0 Å². The molecule has 2 aromatic carbocycles.